The van der Waals surface area contributed by atoms with E-state index in [1.807, 2.05) is 22.9 Å². The lowest BCUT2D eigenvalue weighted by molar-refractivity contribution is 0.0935. The SMILES string of the molecule is Cc1onc(-c2cccnc2)c1C(=O)N[C@H](Cc1cccs1)c1nccs1. The number of nitrogens with one attached hydrogen (secondary N) is 1. The second-order valence-corrected chi connectivity index (χ2v) is 7.84. The van der Waals surface area contributed by atoms with Crippen molar-refractivity contribution in [2.45, 2.75) is 19.4 Å². The first kappa shape index (κ1) is 17.6. The van der Waals surface area contributed by atoms with Crippen molar-refractivity contribution in [3.05, 3.63) is 74.8 Å². The minimum absolute atomic E-state index is 0.216. The molecule has 4 aromatic heterocycles. The summed E-state index contributed by atoms with van der Waals surface area (Å²) in [6, 6.07) is 7.50. The highest BCUT2D eigenvalue weighted by atomic mass is 32.1. The van der Waals surface area contributed by atoms with Gasteiger partial charge < -0.3 is 9.84 Å². The molecule has 0 unspecified atom stereocenters. The van der Waals surface area contributed by atoms with Crippen molar-refractivity contribution in [1.82, 2.24) is 20.4 Å². The van der Waals surface area contributed by atoms with Crippen LogP contribution in [0.4, 0.5) is 0 Å². The molecule has 0 bridgehead atoms. The molecule has 0 fully saturated rings. The summed E-state index contributed by atoms with van der Waals surface area (Å²) in [7, 11) is 0. The minimum atomic E-state index is -0.232. The van der Waals surface area contributed by atoms with Gasteiger partial charge >= 0.3 is 0 Å². The lowest BCUT2D eigenvalue weighted by atomic mass is 10.1. The van der Waals surface area contributed by atoms with Gasteiger partial charge in [-0.25, -0.2) is 4.98 Å². The zero-order chi connectivity index (χ0) is 18.6. The Bertz CT molecular complexity index is 1010. The van der Waals surface area contributed by atoms with Crippen LogP contribution < -0.4 is 5.32 Å². The number of thiophene rings is 1. The Morgan fingerprint density at radius 3 is 2.85 bits per heavy atom. The van der Waals surface area contributed by atoms with Gasteiger partial charge in [0.05, 0.1) is 6.04 Å². The summed E-state index contributed by atoms with van der Waals surface area (Å²) in [5, 5.41) is 12.0. The van der Waals surface area contributed by atoms with Crippen molar-refractivity contribution in [3.63, 3.8) is 0 Å². The molecule has 136 valence electrons. The van der Waals surface area contributed by atoms with Gasteiger partial charge in [0.25, 0.3) is 5.91 Å². The normalized spacial score (nSPS) is 12.0. The van der Waals surface area contributed by atoms with E-state index in [1.54, 1.807) is 42.9 Å². The van der Waals surface area contributed by atoms with Crippen LogP contribution in [0.15, 0.2) is 58.1 Å². The molecule has 0 aromatic carbocycles. The van der Waals surface area contributed by atoms with Crippen molar-refractivity contribution >= 4 is 28.6 Å². The van der Waals surface area contributed by atoms with E-state index >= 15 is 0 Å². The van der Waals surface area contributed by atoms with Crippen LogP contribution in [0.2, 0.25) is 0 Å². The summed E-state index contributed by atoms with van der Waals surface area (Å²) >= 11 is 3.19. The van der Waals surface area contributed by atoms with E-state index in [2.05, 4.69) is 26.5 Å². The molecule has 0 aliphatic rings. The number of carbonyl (C=O) groups excluding carboxylic acids is 1. The smallest absolute Gasteiger partial charge is 0.257 e. The fourth-order valence-electron chi connectivity index (χ4n) is 2.81. The van der Waals surface area contributed by atoms with Crippen LogP contribution in [-0.4, -0.2) is 21.0 Å². The summed E-state index contributed by atoms with van der Waals surface area (Å²) < 4.78 is 5.30. The van der Waals surface area contributed by atoms with E-state index in [-0.39, 0.29) is 11.9 Å². The molecule has 8 heteroatoms. The van der Waals surface area contributed by atoms with E-state index in [1.165, 1.54) is 16.2 Å². The fourth-order valence-corrected chi connectivity index (χ4v) is 4.25. The van der Waals surface area contributed by atoms with Crippen molar-refractivity contribution in [2.24, 2.45) is 0 Å². The number of carbonyl (C=O) groups is 1. The van der Waals surface area contributed by atoms with E-state index in [4.69, 9.17) is 4.52 Å². The van der Waals surface area contributed by atoms with Crippen molar-refractivity contribution in [1.29, 1.82) is 0 Å². The standard InChI is InChI=1S/C19H16N4O2S2/c1-12-16(17(23-25-12)13-4-2-6-20-11-13)18(24)22-15(19-21-7-9-27-19)10-14-5-3-8-26-14/h2-9,11,15H,10H2,1H3,(H,22,24)/t15-/m1/s1. The average molecular weight is 396 g/mol. The maximum Gasteiger partial charge on any atom is 0.257 e. The number of aromatic nitrogens is 3. The Morgan fingerprint density at radius 2 is 2.15 bits per heavy atom. The van der Waals surface area contributed by atoms with Crippen LogP contribution in [-0.2, 0) is 6.42 Å². The second-order valence-electron chi connectivity index (χ2n) is 5.88. The summed E-state index contributed by atoms with van der Waals surface area (Å²) in [6.07, 6.45) is 5.77. The van der Waals surface area contributed by atoms with Crippen LogP contribution in [0, 0.1) is 6.92 Å². The highest BCUT2D eigenvalue weighted by Gasteiger charge is 2.25. The van der Waals surface area contributed by atoms with E-state index in [0.29, 0.717) is 23.4 Å². The van der Waals surface area contributed by atoms with Crippen molar-refractivity contribution in [2.75, 3.05) is 0 Å². The summed E-state index contributed by atoms with van der Waals surface area (Å²) in [4.78, 5) is 22.8. The van der Waals surface area contributed by atoms with Gasteiger partial charge in [-0.3, -0.25) is 9.78 Å². The molecular weight excluding hydrogens is 380 g/mol. The number of rotatable bonds is 6. The molecule has 0 spiro atoms. The highest BCUT2D eigenvalue weighted by Crippen LogP contribution is 2.27. The molecule has 27 heavy (non-hydrogen) atoms. The predicted octanol–water partition coefficient (Wildman–Crippen LogP) is 4.28. The van der Waals surface area contributed by atoms with E-state index in [0.717, 1.165) is 10.6 Å². The van der Waals surface area contributed by atoms with Crippen molar-refractivity contribution < 1.29 is 9.32 Å². The maximum atomic E-state index is 13.1. The molecule has 4 aromatic rings. The zero-order valence-corrected chi connectivity index (χ0v) is 16.1. The Labute approximate surface area is 163 Å². The maximum absolute atomic E-state index is 13.1. The molecule has 6 nitrogen and oxygen atoms in total. The highest BCUT2D eigenvalue weighted by molar-refractivity contribution is 7.10. The Hall–Kier alpha value is -2.84. The Kier molecular flexibility index (Phi) is 5.08. The van der Waals surface area contributed by atoms with Gasteiger partial charge in [-0.2, -0.15) is 0 Å². The lowest BCUT2D eigenvalue weighted by Crippen LogP contribution is -2.30. The molecule has 1 amide bonds. The quantitative estimate of drug-likeness (QED) is 0.526. The van der Waals surface area contributed by atoms with Gasteiger partial charge in [-0.1, -0.05) is 11.2 Å². The molecule has 1 N–H and O–H groups in total. The fraction of sp³-hybridized carbons (Fsp3) is 0.158. The van der Waals surface area contributed by atoms with Gasteiger partial charge in [0.2, 0.25) is 0 Å². The zero-order valence-electron chi connectivity index (χ0n) is 14.5. The lowest BCUT2D eigenvalue weighted by Gasteiger charge is -2.16. The van der Waals surface area contributed by atoms with Gasteiger partial charge in [0.15, 0.2) is 0 Å². The molecular formula is C19H16N4O2S2. The largest absolute Gasteiger partial charge is 0.360 e. The van der Waals surface area contributed by atoms with Gasteiger partial charge in [-0.05, 0) is 30.5 Å². The molecule has 0 aliphatic heterocycles. The molecule has 4 rings (SSSR count). The van der Waals surface area contributed by atoms with Crippen LogP contribution in [0.1, 0.15) is 32.0 Å². The third kappa shape index (κ3) is 3.81. The molecule has 0 saturated heterocycles. The molecule has 0 aliphatic carbocycles. The number of hydrogen-bond donors (Lipinski definition) is 1. The van der Waals surface area contributed by atoms with Crippen LogP contribution >= 0.6 is 22.7 Å². The van der Waals surface area contributed by atoms with Crippen molar-refractivity contribution in [3.8, 4) is 11.3 Å². The first-order valence-corrected chi connectivity index (χ1v) is 10.1. The van der Waals surface area contributed by atoms with Crippen LogP contribution in [0.5, 0.6) is 0 Å². The Balaban J connectivity index is 1.63. The topological polar surface area (TPSA) is 80.9 Å². The van der Waals surface area contributed by atoms with Gasteiger partial charge in [-0.15, -0.1) is 22.7 Å². The molecule has 4 heterocycles. The number of aryl methyl sites for hydroxylation is 1. The monoisotopic (exact) mass is 396 g/mol. The predicted molar refractivity (Wildman–Crippen MR) is 105 cm³/mol. The molecule has 0 saturated carbocycles. The second kappa shape index (κ2) is 7.81. The first-order valence-electron chi connectivity index (χ1n) is 8.31. The Morgan fingerprint density at radius 1 is 1.22 bits per heavy atom. The number of amides is 1. The average Bonchev–Trinajstić information content (AvgIpc) is 3.44. The van der Waals surface area contributed by atoms with E-state index in [9.17, 15) is 4.79 Å². The molecule has 0 radical (unpaired) electrons. The van der Waals surface area contributed by atoms with Gasteiger partial charge in [0, 0.05) is 40.8 Å². The summed E-state index contributed by atoms with van der Waals surface area (Å²) in [5.74, 6) is 0.240. The van der Waals surface area contributed by atoms with Crippen LogP contribution in [0.3, 0.4) is 0 Å². The third-order valence-electron chi connectivity index (χ3n) is 4.07. The summed E-state index contributed by atoms with van der Waals surface area (Å²) in [5.41, 5.74) is 1.66. The first-order chi connectivity index (χ1) is 13.2. The molecule has 1 atom stereocenters. The van der Waals surface area contributed by atoms with Gasteiger partial charge in [0.1, 0.15) is 22.0 Å². The summed E-state index contributed by atoms with van der Waals surface area (Å²) in [6.45, 7) is 1.74. The third-order valence-corrected chi connectivity index (χ3v) is 5.85. The number of thiazole rings is 1. The number of hydrogen-bond acceptors (Lipinski definition) is 7. The van der Waals surface area contributed by atoms with E-state index < -0.39 is 0 Å². The number of pyridine rings is 1. The minimum Gasteiger partial charge on any atom is -0.360 e. The van der Waals surface area contributed by atoms with Crippen LogP contribution in [0.25, 0.3) is 11.3 Å². The number of nitrogens with zero attached hydrogens (tertiary/aromatic N) is 3.